The van der Waals surface area contributed by atoms with Crippen LogP contribution < -0.4 is 10.9 Å². The van der Waals surface area contributed by atoms with Crippen molar-refractivity contribution in [3.63, 3.8) is 0 Å². The summed E-state index contributed by atoms with van der Waals surface area (Å²) in [4.78, 5) is 22.9. The van der Waals surface area contributed by atoms with E-state index in [1.807, 2.05) is 0 Å². The van der Waals surface area contributed by atoms with Crippen molar-refractivity contribution < 1.29 is 71.7 Å². The summed E-state index contributed by atoms with van der Waals surface area (Å²) in [6, 6.07) is 12.2. The number of benzene rings is 4. The van der Waals surface area contributed by atoms with E-state index < -0.39 is 117 Å². The number of anilines is 2. The van der Waals surface area contributed by atoms with E-state index >= 15 is 0 Å². The van der Waals surface area contributed by atoms with E-state index in [9.17, 15) is 71.7 Å². The van der Waals surface area contributed by atoms with Gasteiger partial charge in [0, 0.05) is 12.1 Å². The number of carbonyl (C=O) groups excluding carboxylic acids is 2. The lowest BCUT2D eigenvalue weighted by molar-refractivity contribution is 0.105. The second-order valence-electron chi connectivity index (χ2n) is 12.6. The van der Waals surface area contributed by atoms with Crippen molar-refractivity contribution in [1.29, 1.82) is 0 Å². The van der Waals surface area contributed by atoms with E-state index in [1.165, 1.54) is 12.1 Å². The highest BCUT2D eigenvalue weighted by atomic mass is 32.2. The van der Waals surface area contributed by atoms with Crippen LogP contribution in [0.5, 0.6) is 11.5 Å². The van der Waals surface area contributed by atoms with Crippen LogP contribution in [0.15, 0.2) is 90.5 Å². The zero-order chi connectivity index (χ0) is 42.9. The van der Waals surface area contributed by atoms with Gasteiger partial charge in [-0.2, -0.15) is 43.9 Å². The number of aryl methyl sites for hydroxylation is 2. The monoisotopic (exact) mass is 874 g/mol. The smallest absolute Gasteiger partial charge is 0.296 e. The minimum Gasteiger partial charge on any atom is -0.507 e. The first kappa shape index (κ1) is 41.5. The Bertz CT molecular complexity index is 2920. The van der Waals surface area contributed by atoms with Gasteiger partial charge < -0.3 is 10.2 Å². The van der Waals surface area contributed by atoms with Gasteiger partial charge in [0.2, 0.25) is 11.6 Å². The number of rotatable bonds is 9. The average molecular weight is 875 g/mol. The van der Waals surface area contributed by atoms with E-state index in [1.54, 1.807) is 38.1 Å². The molecule has 302 valence electrons. The highest BCUT2D eigenvalue weighted by molar-refractivity contribution is 7.91. The molecule has 20 nitrogen and oxygen atoms in total. The molecule has 0 radical (unpaired) electrons. The molecule has 8 N–H and O–H groups in total. The molecule has 4 aromatic carbocycles. The van der Waals surface area contributed by atoms with E-state index in [4.69, 9.17) is 0 Å². The molecule has 6 rings (SSSR count). The first-order valence-electron chi connectivity index (χ1n) is 15.8. The predicted molar refractivity (Wildman–Crippen MR) is 207 cm³/mol. The quantitative estimate of drug-likeness (QED) is 0.0878. The zero-order valence-corrected chi connectivity index (χ0v) is 32.5. The van der Waals surface area contributed by atoms with Crippen LogP contribution in [-0.2, 0) is 40.5 Å². The molecule has 58 heavy (non-hydrogen) atoms. The number of allylic oxidation sites excluding steroid dienone is 2. The standard InChI is InChI=1S/C34H26N4O16S4/c1-15-7-17(3-5-23(15)35-37-31-27(57(49,50)51)11-19-9-21(55(43,44)45)13-25(39)29(19)33(31)41)18-4-6-24(16(2)8-18)36-38-32-28(58(52,53)54)12-20-10-22(56(46,47)48)14-26(40)30(20)34(32)42/h3-14,35-36,39-40H,1-2H3,(H,43,44,45)(H,46,47,48)(H,49,50,51)(H,52,53,54)/b37-31-,38-32+. The summed E-state index contributed by atoms with van der Waals surface area (Å²) in [6.07, 6.45) is 1.41. The van der Waals surface area contributed by atoms with Gasteiger partial charge in [-0.15, -0.1) is 0 Å². The number of fused-ring (bicyclic) bond motifs is 2. The number of hydrazone groups is 2. The molecule has 0 amide bonds. The van der Waals surface area contributed by atoms with Crippen LogP contribution in [0.1, 0.15) is 43.0 Å². The van der Waals surface area contributed by atoms with Crippen LogP contribution in [0, 0.1) is 13.8 Å². The molecule has 0 atom stereocenters. The highest BCUT2D eigenvalue weighted by Crippen LogP contribution is 2.36. The van der Waals surface area contributed by atoms with E-state index in [-0.39, 0.29) is 11.4 Å². The number of phenolic OH excluding ortho intramolecular Hbond substituents is 2. The van der Waals surface area contributed by atoms with Gasteiger partial charge in [-0.3, -0.25) is 38.7 Å². The summed E-state index contributed by atoms with van der Waals surface area (Å²) in [6.45, 7) is 3.26. The molecule has 0 saturated carbocycles. The molecule has 2 aliphatic carbocycles. The third-order valence-electron chi connectivity index (χ3n) is 8.68. The third-order valence-corrected chi connectivity index (χ3v) is 12.1. The van der Waals surface area contributed by atoms with Gasteiger partial charge in [0.05, 0.1) is 32.3 Å². The van der Waals surface area contributed by atoms with Gasteiger partial charge in [-0.25, -0.2) is 0 Å². The van der Waals surface area contributed by atoms with Crippen LogP contribution in [0.2, 0.25) is 0 Å². The predicted octanol–water partition coefficient (Wildman–Crippen LogP) is 3.66. The fraction of sp³-hybridized carbons (Fsp3) is 0.0588. The number of ketones is 2. The second kappa shape index (κ2) is 14.4. The second-order valence-corrected chi connectivity index (χ2v) is 18.2. The van der Waals surface area contributed by atoms with Crippen molar-refractivity contribution in [2.75, 3.05) is 10.9 Å². The van der Waals surface area contributed by atoms with Crippen molar-refractivity contribution in [2.24, 2.45) is 10.2 Å². The maximum atomic E-state index is 13.3. The maximum absolute atomic E-state index is 13.3. The fourth-order valence-electron chi connectivity index (χ4n) is 5.92. The summed E-state index contributed by atoms with van der Waals surface area (Å²) in [7, 11) is -20.1. The number of nitrogens with one attached hydrogen (secondary N) is 2. The Morgan fingerprint density at radius 3 is 1.14 bits per heavy atom. The first-order chi connectivity index (χ1) is 26.8. The number of hydrogen-bond donors (Lipinski definition) is 8. The van der Waals surface area contributed by atoms with Crippen LogP contribution in [0.3, 0.4) is 0 Å². The summed E-state index contributed by atoms with van der Waals surface area (Å²) < 4.78 is 134. The molecule has 24 heteroatoms. The van der Waals surface area contributed by atoms with Crippen molar-refractivity contribution in [3.8, 4) is 22.6 Å². The number of aromatic hydroxyl groups is 2. The largest absolute Gasteiger partial charge is 0.507 e. The SMILES string of the molecule is Cc1cc(-c2ccc(N/N=C3\C(=O)c4c(O)cc(S(=O)(=O)O)cc4C=C3S(=O)(=O)O)c(C)c2)ccc1N/N=C1/C(=O)c2c(O)cc(S(=O)(=O)O)cc2C=C1S(=O)(=O)O. The van der Waals surface area contributed by atoms with Gasteiger partial charge >= 0.3 is 0 Å². The summed E-state index contributed by atoms with van der Waals surface area (Å²) in [5.41, 5.74) is 4.19. The molecule has 0 fully saturated rings. The summed E-state index contributed by atoms with van der Waals surface area (Å²) >= 11 is 0. The van der Waals surface area contributed by atoms with Crippen molar-refractivity contribution in [3.05, 3.63) is 104 Å². The van der Waals surface area contributed by atoms with E-state index in [2.05, 4.69) is 21.1 Å². The Balaban J connectivity index is 1.27. The molecule has 0 heterocycles. The molecule has 0 aromatic heterocycles. The minimum absolute atomic E-state index is 0.253. The van der Waals surface area contributed by atoms with Crippen LogP contribution >= 0.6 is 0 Å². The molecular formula is C34H26N4O16S4. The lowest BCUT2D eigenvalue weighted by Gasteiger charge is -2.18. The van der Waals surface area contributed by atoms with Gasteiger partial charge in [0.1, 0.15) is 21.3 Å². The highest BCUT2D eigenvalue weighted by Gasteiger charge is 2.37. The Hall–Kier alpha value is -6.12. The summed E-state index contributed by atoms with van der Waals surface area (Å²) in [5, 5.41) is 28.5. The Morgan fingerprint density at radius 2 is 0.845 bits per heavy atom. The van der Waals surface area contributed by atoms with Crippen LogP contribution in [-0.4, -0.2) is 85.1 Å². The van der Waals surface area contributed by atoms with Crippen molar-refractivity contribution in [1.82, 2.24) is 0 Å². The topological polar surface area (TPSA) is 341 Å². The van der Waals surface area contributed by atoms with Crippen LogP contribution in [0.25, 0.3) is 23.3 Å². The molecule has 0 saturated heterocycles. The van der Waals surface area contributed by atoms with Gasteiger partial charge in [-0.05, 0) is 95.8 Å². The molecule has 0 unspecified atom stereocenters. The Labute approximate surface area is 328 Å². The molecule has 0 aliphatic heterocycles. The third kappa shape index (κ3) is 8.02. The number of nitrogens with zero attached hydrogens (tertiary/aromatic N) is 2. The number of carbonyl (C=O) groups is 2. The summed E-state index contributed by atoms with van der Waals surface area (Å²) in [5.74, 6) is -4.22. The number of hydrogen-bond acceptors (Lipinski definition) is 16. The van der Waals surface area contributed by atoms with Crippen molar-refractivity contribution >= 4 is 87.0 Å². The number of Topliss-reactive ketones (excluding diaryl/α,β-unsaturated/α-hetero) is 2. The maximum Gasteiger partial charge on any atom is 0.296 e. The molecule has 2 aliphatic rings. The Morgan fingerprint density at radius 1 is 0.500 bits per heavy atom. The molecule has 0 spiro atoms. The molecular weight excluding hydrogens is 849 g/mol. The molecule has 0 bridgehead atoms. The lowest BCUT2D eigenvalue weighted by Crippen LogP contribution is -2.27. The zero-order valence-electron chi connectivity index (χ0n) is 29.2. The minimum atomic E-state index is -5.15. The Kier molecular flexibility index (Phi) is 10.3. The van der Waals surface area contributed by atoms with Gasteiger partial charge in [0.25, 0.3) is 40.5 Å². The first-order valence-corrected chi connectivity index (χ1v) is 21.6. The normalized spacial score (nSPS) is 16.1. The van der Waals surface area contributed by atoms with Crippen molar-refractivity contribution in [2.45, 2.75) is 23.6 Å². The van der Waals surface area contributed by atoms with E-state index in [0.29, 0.717) is 46.5 Å². The van der Waals surface area contributed by atoms with Gasteiger partial charge in [0.15, 0.2) is 11.4 Å². The fourth-order valence-corrected chi connectivity index (χ4v) is 8.31. The average Bonchev–Trinajstić information content (AvgIpc) is 3.09. The number of phenols is 2. The van der Waals surface area contributed by atoms with Crippen LogP contribution in [0.4, 0.5) is 11.4 Å². The lowest BCUT2D eigenvalue weighted by atomic mass is 9.94. The van der Waals surface area contributed by atoms with Gasteiger partial charge in [-0.1, -0.05) is 12.1 Å². The van der Waals surface area contributed by atoms with E-state index in [0.717, 1.165) is 12.1 Å². The molecule has 4 aromatic rings.